The van der Waals surface area contributed by atoms with Gasteiger partial charge in [0.25, 0.3) is 0 Å². The van der Waals surface area contributed by atoms with Crippen molar-refractivity contribution >= 4 is 5.91 Å². The summed E-state index contributed by atoms with van der Waals surface area (Å²) in [6.07, 6.45) is 6.89. The quantitative estimate of drug-likeness (QED) is 0.749. The molecule has 3 fully saturated rings. The lowest BCUT2D eigenvalue weighted by Crippen LogP contribution is -2.68. The van der Waals surface area contributed by atoms with E-state index < -0.39 is 0 Å². The average Bonchev–Trinajstić information content (AvgIpc) is 2.26. The molecule has 1 spiro atoms. The van der Waals surface area contributed by atoms with Crippen molar-refractivity contribution in [1.29, 1.82) is 0 Å². The topological polar surface area (TPSA) is 23.6 Å². The van der Waals surface area contributed by atoms with Gasteiger partial charge in [-0.1, -0.05) is 20.3 Å². The van der Waals surface area contributed by atoms with Gasteiger partial charge in [-0.25, -0.2) is 0 Å². The molecule has 3 aliphatic rings. The summed E-state index contributed by atoms with van der Waals surface area (Å²) in [4.78, 5) is 16.6. The van der Waals surface area contributed by atoms with E-state index in [4.69, 9.17) is 0 Å². The SMILES string of the molecule is CC(C)C(=O)N1CC2(CC(N3CCCCC3)C2)C1. The fraction of sp³-hybridized carbons (Fsp3) is 0.933. The van der Waals surface area contributed by atoms with Gasteiger partial charge in [0.05, 0.1) is 0 Å². The molecule has 1 amide bonds. The summed E-state index contributed by atoms with van der Waals surface area (Å²) < 4.78 is 0. The molecular formula is C15H26N2O. The van der Waals surface area contributed by atoms with Crippen molar-refractivity contribution in [3.8, 4) is 0 Å². The van der Waals surface area contributed by atoms with Crippen molar-refractivity contribution in [3.63, 3.8) is 0 Å². The second-order valence-electron chi connectivity index (χ2n) is 7.01. The fourth-order valence-electron chi connectivity index (χ4n) is 4.02. The summed E-state index contributed by atoms with van der Waals surface area (Å²) in [7, 11) is 0. The number of hydrogen-bond donors (Lipinski definition) is 0. The van der Waals surface area contributed by atoms with E-state index in [-0.39, 0.29) is 5.92 Å². The van der Waals surface area contributed by atoms with Crippen LogP contribution in [-0.4, -0.2) is 47.9 Å². The van der Waals surface area contributed by atoms with Crippen molar-refractivity contribution in [3.05, 3.63) is 0 Å². The molecule has 0 N–H and O–H groups in total. The van der Waals surface area contributed by atoms with E-state index in [9.17, 15) is 4.79 Å². The maximum atomic E-state index is 11.9. The smallest absolute Gasteiger partial charge is 0.225 e. The lowest BCUT2D eigenvalue weighted by atomic mass is 9.60. The number of nitrogens with zero attached hydrogens (tertiary/aromatic N) is 2. The molecule has 102 valence electrons. The molecule has 0 aromatic rings. The van der Waals surface area contributed by atoms with Gasteiger partial charge in [0.1, 0.15) is 0 Å². The second kappa shape index (κ2) is 4.52. The Morgan fingerprint density at radius 3 is 2.28 bits per heavy atom. The van der Waals surface area contributed by atoms with E-state index >= 15 is 0 Å². The Morgan fingerprint density at radius 1 is 1.11 bits per heavy atom. The molecule has 3 heteroatoms. The molecule has 1 saturated carbocycles. The lowest BCUT2D eigenvalue weighted by Gasteiger charge is -2.61. The van der Waals surface area contributed by atoms with Gasteiger partial charge < -0.3 is 9.80 Å². The maximum Gasteiger partial charge on any atom is 0.225 e. The van der Waals surface area contributed by atoms with Crippen LogP contribution in [0.15, 0.2) is 0 Å². The first-order valence-electron chi connectivity index (χ1n) is 7.62. The van der Waals surface area contributed by atoms with Crippen LogP contribution in [0.1, 0.15) is 46.0 Å². The van der Waals surface area contributed by atoms with E-state index in [1.807, 2.05) is 13.8 Å². The van der Waals surface area contributed by atoms with E-state index in [2.05, 4.69) is 9.80 Å². The monoisotopic (exact) mass is 250 g/mol. The van der Waals surface area contributed by atoms with Crippen molar-refractivity contribution < 1.29 is 4.79 Å². The molecule has 0 unspecified atom stereocenters. The molecule has 0 aromatic heterocycles. The van der Waals surface area contributed by atoms with E-state index in [1.54, 1.807) is 0 Å². The van der Waals surface area contributed by atoms with Crippen LogP contribution in [0.5, 0.6) is 0 Å². The summed E-state index contributed by atoms with van der Waals surface area (Å²) in [6.45, 7) is 8.71. The van der Waals surface area contributed by atoms with Gasteiger partial charge >= 0.3 is 0 Å². The first-order valence-corrected chi connectivity index (χ1v) is 7.62. The molecular weight excluding hydrogens is 224 g/mol. The minimum absolute atomic E-state index is 0.167. The van der Waals surface area contributed by atoms with Gasteiger partial charge in [-0.15, -0.1) is 0 Å². The van der Waals surface area contributed by atoms with Crippen LogP contribution in [0.2, 0.25) is 0 Å². The van der Waals surface area contributed by atoms with Crippen LogP contribution in [0.25, 0.3) is 0 Å². The molecule has 0 aromatic carbocycles. The van der Waals surface area contributed by atoms with Crippen LogP contribution < -0.4 is 0 Å². The molecule has 3 rings (SSSR count). The Labute approximate surface area is 111 Å². The Balaban J connectivity index is 1.45. The minimum atomic E-state index is 0.167. The van der Waals surface area contributed by atoms with Gasteiger partial charge in [-0.2, -0.15) is 0 Å². The number of carbonyl (C=O) groups is 1. The van der Waals surface area contributed by atoms with Crippen molar-refractivity contribution in [2.75, 3.05) is 26.2 Å². The largest absolute Gasteiger partial charge is 0.341 e. The number of likely N-dealkylation sites (tertiary alicyclic amines) is 2. The third-order valence-electron chi connectivity index (χ3n) is 5.10. The molecule has 2 saturated heterocycles. The third kappa shape index (κ3) is 2.07. The second-order valence-corrected chi connectivity index (χ2v) is 7.01. The molecule has 3 nitrogen and oxygen atoms in total. The van der Waals surface area contributed by atoms with E-state index in [0.717, 1.165) is 19.1 Å². The number of piperidine rings is 1. The van der Waals surface area contributed by atoms with Gasteiger partial charge in [-0.05, 0) is 38.8 Å². The lowest BCUT2D eigenvalue weighted by molar-refractivity contribution is -0.161. The number of rotatable bonds is 2. The summed E-state index contributed by atoms with van der Waals surface area (Å²) in [5, 5.41) is 0. The first-order chi connectivity index (χ1) is 8.60. The van der Waals surface area contributed by atoms with E-state index in [0.29, 0.717) is 11.3 Å². The van der Waals surface area contributed by atoms with Gasteiger partial charge in [0.15, 0.2) is 0 Å². The summed E-state index contributed by atoms with van der Waals surface area (Å²) in [6, 6.07) is 0.835. The standard InChI is InChI=1S/C15H26N2O/c1-12(2)14(18)17-10-15(11-17)8-13(9-15)16-6-4-3-5-7-16/h12-13H,3-11H2,1-2H3. The van der Waals surface area contributed by atoms with Gasteiger partial charge in [-0.3, -0.25) is 4.79 Å². The Kier molecular flexibility index (Phi) is 3.13. The summed E-state index contributed by atoms with van der Waals surface area (Å²) >= 11 is 0. The zero-order valence-electron chi connectivity index (χ0n) is 11.8. The van der Waals surface area contributed by atoms with Crippen molar-refractivity contribution in [2.45, 2.75) is 52.0 Å². The highest BCUT2D eigenvalue weighted by Gasteiger charge is 2.54. The van der Waals surface area contributed by atoms with Crippen molar-refractivity contribution in [1.82, 2.24) is 9.80 Å². The zero-order chi connectivity index (χ0) is 12.8. The normalized spacial score (nSPS) is 28.3. The molecule has 0 bridgehead atoms. The number of carbonyl (C=O) groups excluding carboxylic acids is 1. The zero-order valence-corrected chi connectivity index (χ0v) is 11.8. The third-order valence-corrected chi connectivity index (χ3v) is 5.10. The highest BCUT2D eigenvalue weighted by Crippen LogP contribution is 2.50. The molecule has 2 heterocycles. The number of hydrogen-bond acceptors (Lipinski definition) is 2. The Morgan fingerprint density at radius 2 is 1.72 bits per heavy atom. The predicted octanol–water partition coefficient (Wildman–Crippen LogP) is 2.12. The Bertz CT molecular complexity index is 319. The highest BCUT2D eigenvalue weighted by atomic mass is 16.2. The maximum absolute atomic E-state index is 11.9. The molecule has 1 aliphatic carbocycles. The average molecular weight is 250 g/mol. The predicted molar refractivity (Wildman–Crippen MR) is 72.3 cm³/mol. The van der Waals surface area contributed by atoms with Crippen LogP contribution >= 0.6 is 0 Å². The van der Waals surface area contributed by atoms with Crippen LogP contribution in [0.4, 0.5) is 0 Å². The van der Waals surface area contributed by atoms with Gasteiger partial charge in [0, 0.05) is 30.5 Å². The van der Waals surface area contributed by atoms with Crippen LogP contribution in [0.3, 0.4) is 0 Å². The number of amides is 1. The highest BCUT2D eigenvalue weighted by molar-refractivity contribution is 5.79. The van der Waals surface area contributed by atoms with Crippen LogP contribution in [0, 0.1) is 11.3 Å². The molecule has 18 heavy (non-hydrogen) atoms. The minimum Gasteiger partial charge on any atom is -0.341 e. The van der Waals surface area contributed by atoms with E-state index in [1.165, 1.54) is 45.2 Å². The molecule has 0 radical (unpaired) electrons. The fourth-order valence-corrected chi connectivity index (χ4v) is 4.02. The Hall–Kier alpha value is -0.570. The van der Waals surface area contributed by atoms with Crippen LogP contribution in [-0.2, 0) is 4.79 Å². The van der Waals surface area contributed by atoms with Gasteiger partial charge in [0.2, 0.25) is 5.91 Å². The molecule has 0 atom stereocenters. The first kappa shape index (κ1) is 12.5. The molecule has 2 aliphatic heterocycles. The van der Waals surface area contributed by atoms with Crippen molar-refractivity contribution in [2.24, 2.45) is 11.3 Å². The summed E-state index contributed by atoms with van der Waals surface area (Å²) in [5.74, 6) is 0.516. The summed E-state index contributed by atoms with van der Waals surface area (Å²) in [5.41, 5.74) is 0.520.